The molecule has 3 aliphatic heterocycles. The van der Waals surface area contributed by atoms with Crippen molar-refractivity contribution in [1.82, 2.24) is 19.7 Å². The average molecular weight is 490 g/mol. The molecular formula is C25H33F2N5O3. The number of amides is 3. The second kappa shape index (κ2) is 8.72. The number of likely N-dealkylation sites (tertiary alicyclic amines) is 2. The summed E-state index contributed by atoms with van der Waals surface area (Å²) < 4.78 is 34.1. The molecule has 1 spiro atoms. The van der Waals surface area contributed by atoms with E-state index in [2.05, 4.69) is 16.9 Å². The van der Waals surface area contributed by atoms with Crippen LogP contribution in [0.25, 0.3) is 0 Å². The van der Waals surface area contributed by atoms with Crippen molar-refractivity contribution < 1.29 is 23.1 Å². The van der Waals surface area contributed by atoms with Gasteiger partial charge in [-0.1, -0.05) is 12.6 Å². The number of urea groups is 1. The zero-order valence-electron chi connectivity index (χ0n) is 20.3. The summed E-state index contributed by atoms with van der Waals surface area (Å²) in [6.07, 6.45) is 5.78. The number of ether oxygens (including phenoxy) is 1. The maximum absolute atomic E-state index is 13.4. The van der Waals surface area contributed by atoms with E-state index in [1.54, 1.807) is 17.7 Å². The van der Waals surface area contributed by atoms with E-state index in [9.17, 15) is 18.4 Å². The molecule has 190 valence electrons. The van der Waals surface area contributed by atoms with Crippen LogP contribution in [0.4, 0.5) is 13.6 Å². The van der Waals surface area contributed by atoms with Crippen LogP contribution < -0.4 is 10.8 Å². The minimum atomic E-state index is -3.04. The zero-order chi connectivity index (χ0) is 25.0. The molecule has 3 amide bonds. The third kappa shape index (κ3) is 4.85. The van der Waals surface area contributed by atoms with Crippen molar-refractivity contribution in [3.63, 3.8) is 0 Å². The van der Waals surface area contributed by atoms with Crippen LogP contribution in [-0.2, 0) is 23.0 Å². The Labute approximate surface area is 203 Å². The van der Waals surface area contributed by atoms with Gasteiger partial charge in [0.2, 0.25) is 5.91 Å². The molecule has 1 aliphatic carbocycles. The van der Waals surface area contributed by atoms with Crippen LogP contribution in [0.1, 0.15) is 31.7 Å². The molecule has 1 aromatic rings. The molecule has 1 saturated carbocycles. The summed E-state index contributed by atoms with van der Waals surface area (Å²) in [5, 5.41) is 2.95. The number of pyridine rings is 1. The summed E-state index contributed by atoms with van der Waals surface area (Å²) in [6, 6.07) is 3.64. The number of hydrogen-bond donors (Lipinski definition) is 1. The molecule has 10 heteroatoms. The number of fused-ring (bicyclic) bond motifs is 1. The number of rotatable bonds is 4. The van der Waals surface area contributed by atoms with E-state index in [1.807, 2.05) is 22.1 Å². The molecule has 0 radical (unpaired) electrons. The molecule has 0 bridgehead atoms. The fourth-order valence-corrected chi connectivity index (χ4v) is 6.00. The van der Waals surface area contributed by atoms with E-state index >= 15 is 0 Å². The summed E-state index contributed by atoms with van der Waals surface area (Å²) in [6.45, 7) is 7.01. The third-order valence-corrected chi connectivity index (χ3v) is 7.81. The fourth-order valence-electron chi connectivity index (χ4n) is 6.00. The molecule has 4 fully saturated rings. The van der Waals surface area contributed by atoms with Crippen molar-refractivity contribution in [3.05, 3.63) is 41.7 Å². The highest BCUT2D eigenvalue weighted by molar-refractivity contribution is 5.79. The van der Waals surface area contributed by atoms with E-state index in [1.165, 1.54) is 0 Å². The van der Waals surface area contributed by atoms with Gasteiger partial charge in [0, 0.05) is 51.8 Å². The molecule has 1 N–H and O–H groups in total. The molecule has 8 nitrogen and oxygen atoms in total. The SMILES string of the molecule is C=C(N=c1ccc(CC2CC3(C2)CN(C(=O)N2CC[C@@H]4OCC(=O)N[C@@H]4C2)C3)cn1C)C(C)(F)F. The predicted molar refractivity (Wildman–Crippen MR) is 124 cm³/mol. The molecule has 4 aliphatic rings. The number of allylic oxidation sites excluding steroid dienone is 1. The monoisotopic (exact) mass is 489 g/mol. The van der Waals surface area contributed by atoms with Crippen molar-refractivity contribution in [3.8, 4) is 0 Å². The van der Waals surface area contributed by atoms with Gasteiger partial charge in [0.05, 0.1) is 12.1 Å². The second-order valence-electron chi connectivity index (χ2n) is 10.8. The maximum Gasteiger partial charge on any atom is 0.320 e. The number of nitrogens with one attached hydrogen (secondary N) is 1. The van der Waals surface area contributed by atoms with Gasteiger partial charge < -0.3 is 24.4 Å². The minimum absolute atomic E-state index is 0.00261. The van der Waals surface area contributed by atoms with Crippen LogP contribution in [0.15, 0.2) is 35.6 Å². The van der Waals surface area contributed by atoms with Crippen LogP contribution in [0, 0.1) is 11.3 Å². The quantitative estimate of drug-likeness (QED) is 0.703. The zero-order valence-corrected chi connectivity index (χ0v) is 20.3. The first kappa shape index (κ1) is 24.0. The Kier molecular flexibility index (Phi) is 5.97. The smallest absolute Gasteiger partial charge is 0.320 e. The predicted octanol–water partition coefficient (Wildman–Crippen LogP) is 2.06. The molecule has 35 heavy (non-hydrogen) atoms. The van der Waals surface area contributed by atoms with Crippen molar-refractivity contribution in [2.24, 2.45) is 23.4 Å². The number of halogens is 2. The Balaban J connectivity index is 1.10. The number of carbonyl (C=O) groups excluding carboxylic acids is 2. The Hall–Kier alpha value is -2.75. The number of aromatic nitrogens is 1. The standard InChI is InChI=1S/C25H33F2N5O3/c1-16(24(2,26)27)28-21-5-4-17(11-30(21)3)8-18-9-25(10-18)14-32(15-25)23(34)31-7-6-20-19(12-31)29-22(33)13-35-20/h4-5,11,18-20H,1,6-10,12-15H2,2-3H3,(H,29,33)/t19-,20+/m1/s1. The highest BCUT2D eigenvalue weighted by atomic mass is 19.3. The van der Waals surface area contributed by atoms with Crippen LogP contribution >= 0.6 is 0 Å². The molecule has 3 saturated heterocycles. The van der Waals surface area contributed by atoms with Gasteiger partial charge in [0.25, 0.3) is 5.92 Å². The minimum Gasteiger partial charge on any atom is -0.366 e. The third-order valence-electron chi connectivity index (χ3n) is 7.81. The Morgan fingerprint density at radius 3 is 2.74 bits per heavy atom. The molecular weight excluding hydrogens is 456 g/mol. The van der Waals surface area contributed by atoms with Gasteiger partial charge in [-0.3, -0.25) is 4.79 Å². The number of carbonyl (C=O) groups is 2. The summed E-state index contributed by atoms with van der Waals surface area (Å²) >= 11 is 0. The molecule has 1 aromatic heterocycles. The first-order valence-corrected chi connectivity index (χ1v) is 12.2. The van der Waals surface area contributed by atoms with Crippen molar-refractivity contribution in [1.29, 1.82) is 0 Å². The number of alkyl halides is 2. The van der Waals surface area contributed by atoms with Crippen LogP contribution in [0.5, 0.6) is 0 Å². The van der Waals surface area contributed by atoms with E-state index in [4.69, 9.17) is 4.74 Å². The lowest BCUT2D eigenvalue weighted by Crippen LogP contribution is -2.68. The number of morpholine rings is 1. The number of piperidine rings is 1. The highest BCUT2D eigenvalue weighted by Gasteiger charge is 2.54. The first-order chi connectivity index (χ1) is 16.5. The largest absolute Gasteiger partial charge is 0.366 e. The fraction of sp³-hybridized carbons (Fsp3) is 0.640. The van der Waals surface area contributed by atoms with E-state index in [0.29, 0.717) is 24.5 Å². The Morgan fingerprint density at radius 1 is 1.31 bits per heavy atom. The van der Waals surface area contributed by atoms with Crippen LogP contribution in [-0.4, -0.2) is 77.2 Å². The summed E-state index contributed by atoms with van der Waals surface area (Å²) in [7, 11) is 1.80. The molecule has 0 unspecified atom stereocenters. The maximum atomic E-state index is 13.4. The summed E-state index contributed by atoms with van der Waals surface area (Å²) in [5.41, 5.74) is 1.36. The van der Waals surface area contributed by atoms with Gasteiger partial charge in [0.1, 0.15) is 17.8 Å². The Bertz CT molecular complexity index is 1100. The summed E-state index contributed by atoms with van der Waals surface area (Å²) in [5.74, 6) is -2.61. The average Bonchev–Trinajstić information content (AvgIpc) is 2.74. The van der Waals surface area contributed by atoms with E-state index in [-0.39, 0.29) is 36.1 Å². The van der Waals surface area contributed by atoms with Gasteiger partial charge >= 0.3 is 6.03 Å². The Morgan fingerprint density at radius 2 is 2.06 bits per heavy atom. The van der Waals surface area contributed by atoms with Gasteiger partial charge in [0.15, 0.2) is 0 Å². The molecule has 5 rings (SSSR count). The number of nitrogens with zero attached hydrogens (tertiary/aromatic N) is 4. The van der Waals surface area contributed by atoms with Gasteiger partial charge in [-0.25, -0.2) is 9.79 Å². The highest BCUT2D eigenvalue weighted by Crippen LogP contribution is 2.53. The van der Waals surface area contributed by atoms with Gasteiger partial charge in [-0.15, -0.1) is 0 Å². The molecule has 4 heterocycles. The molecule has 0 aromatic carbocycles. The van der Waals surface area contributed by atoms with Crippen molar-refractivity contribution >= 4 is 11.9 Å². The number of aryl methyl sites for hydroxylation is 1. The van der Waals surface area contributed by atoms with Gasteiger partial charge in [-0.2, -0.15) is 8.78 Å². The van der Waals surface area contributed by atoms with E-state index in [0.717, 1.165) is 51.3 Å². The second-order valence-corrected chi connectivity index (χ2v) is 10.8. The van der Waals surface area contributed by atoms with Crippen molar-refractivity contribution in [2.45, 2.75) is 50.7 Å². The van der Waals surface area contributed by atoms with E-state index < -0.39 is 11.6 Å². The van der Waals surface area contributed by atoms with Crippen molar-refractivity contribution in [2.75, 3.05) is 32.8 Å². The van der Waals surface area contributed by atoms with Gasteiger partial charge in [-0.05, 0) is 43.2 Å². The van der Waals surface area contributed by atoms with Crippen LogP contribution in [0.3, 0.4) is 0 Å². The normalized spacial score (nSPS) is 26.6. The lowest BCUT2D eigenvalue weighted by atomic mass is 9.56. The summed E-state index contributed by atoms with van der Waals surface area (Å²) in [4.78, 5) is 32.3. The number of hydrogen-bond acceptors (Lipinski definition) is 4. The lowest BCUT2D eigenvalue weighted by Gasteiger charge is -2.60. The molecule has 2 atom stereocenters. The lowest BCUT2D eigenvalue weighted by molar-refractivity contribution is -0.140. The first-order valence-electron chi connectivity index (χ1n) is 12.2. The van der Waals surface area contributed by atoms with Crippen LogP contribution in [0.2, 0.25) is 0 Å². The topological polar surface area (TPSA) is 79.2 Å².